The summed E-state index contributed by atoms with van der Waals surface area (Å²) >= 11 is 0. The maximum Gasteiger partial charge on any atom is 0.284 e. The Morgan fingerprint density at radius 2 is 1.82 bits per heavy atom. The third-order valence-electron chi connectivity index (χ3n) is 2.58. The van der Waals surface area contributed by atoms with Crippen molar-refractivity contribution in [3.63, 3.8) is 0 Å². The van der Waals surface area contributed by atoms with Gasteiger partial charge in [0.1, 0.15) is 0 Å². The van der Waals surface area contributed by atoms with Crippen LogP contribution in [0.2, 0.25) is 0 Å². The zero-order chi connectivity index (χ0) is 12.1. The molecule has 2 aromatic rings. The normalized spacial score (nSPS) is 11.0. The fraction of sp³-hybridized carbons (Fsp3) is 0.333. The quantitative estimate of drug-likeness (QED) is 0.868. The number of rotatable bonds is 5. The molecule has 0 aliphatic rings. The van der Waals surface area contributed by atoms with Crippen molar-refractivity contribution >= 4 is 0 Å². The first-order valence-corrected chi connectivity index (χ1v) is 5.49. The lowest BCUT2D eigenvalue weighted by Crippen LogP contribution is -1.96. The Kier molecular flexibility index (Phi) is 3.80. The second-order valence-corrected chi connectivity index (χ2v) is 3.80. The summed E-state index contributed by atoms with van der Waals surface area (Å²) < 4.78 is 25.0. The molecule has 90 valence electrons. The van der Waals surface area contributed by atoms with E-state index in [4.69, 9.17) is 0 Å². The maximum atomic E-state index is 12.5. The van der Waals surface area contributed by atoms with E-state index in [1.54, 1.807) is 0 Å². The standard InChI is InChI=1S/C12H13F2N3/c13-12(14)11-10(15-17-16-11)8-4-7-9-5-2-1-3-6-9/h1-3,5-6,12H,4,7-8H2,(H,15,16,17). The van der Waals surface area contributed by atoms with E-state index >= 15 is 0 Å². The average molecular weight is 237 g/mol. The van der Waals surface area contributed by atoms with Crippen molar-refractivity contribution < 1.29 is 8.78 Å². The summed E-state index contributed by atoms with van der Waals surface area (Å²) in [5.74, 6) is 0. The van der Waals surface area contributed by atoms with Crippen LogP contribution in [-0.4, -0.2) is 15.4 Å². The molecule has 1 N–H and O–H groups in total. The topological polar surface area (TPSA) is 41.6 Å². The third kappa shape index (κ3) is 3.09. The lowest BCUT2D eigenvalue weighted by Gasteiger charge is -2.01. The van der Waals surface area contributed by atoms with Crippen molar-refractivity contribution in [3.8, 4) is 0 Å². The van der Waals surface area contributed by atoms with Crippen LogP contribution in [0.4, 0.5) is 8.78 Å². The highest BCUT2D eigenvalue weighted by molar-refractivity contribution is 5.15. The van der Waals surface area contributed by atoms with Gasteiger partial charge in [-0.05, 0) is 24.8 Å². The van der Waals surface area contributed by atoms with Crippen LogP contribution >= 0.6 is 0 Å². The number of halogens is 2. The van der Waals surface area contributed by atoms with Crippen molar-refractivity contribution in [2.45, 2.75) is 25.7 Å². The van der Waals surface area contributed by atoms with E-state index in [1.165, 1.54) is 5.56 Å². The van der Waals surface area contributed by atoms with Crippen LogP contribution in [0.3, 0.4) is 0 Å². The minimum atomic E-state index is -2.56. The fourth-order valence-electron chi connectivity index (χ4n) is 1.72. The van der Waals surface area contributed by atoms with Gasteiger partial charge in [-0.2, -0.15) is 15.4 Å². The molecule has 17 heavy (non-hydrogen) atoms. The lowest BCUT2D eigenvalue weighted by atomic mass is 10.1. The molecule has 0 bridgehead atoms. The molecule has 2 rings (SSSR count). The van der Waals surface area contributed by atoms with Gasteiger partial charge >= 0.3 is 0 Å². The third-order valence-corrected chi connectivity index (χ3v) is 2.58. The number of alkyl halides is 2. The first-order valence-electron chi connectivity index (χ1n) is 5.49. The Morgan fingerprint density at radius 3 is 2.53 bits per heavy atom. The Labute approximate surface area is 97.9 Å². The molecule has 0 saturated carbocycles. The molecule has 0 unspecified atom stereocenters. The molecular weight excluding hydrogens is 224 g/mol. The van der Waals surface area contributed by atoms with E-state index in [0.717, 1.165) is 12.8 Å². The second-order valence-electron chi connectivity index (χ2n) is 3.80. The van der Waals surface area contributed by atoms with Crippen LogP contribution in [0.1, 0.15) is 29.8 Å². The van der Waals surface area contributed by atoms with Crippen LogP contribution in [0, 0.1) is 0 Å². The molecule has 5 heteroatoms. The molecule has 1 heterocycles. The molecule has 0 saturated heterocycles. The summed E-state index contributed by atoms with van der Waals surface area (Å²) in [6.45, 7) is 0. The average Bonchev–Trinajstić information content (AvgIpc) is 2.79. The van der Waals surface area contributed by atoms with Crippen LogP contribution in [-0.2, 0) is 12.8 Å². The van der Waals surface area contributed by atoms with Gasteiger partial charge in [-0.3, -0.25) is 0 Å². The highest BCUT2D eigenvalue weighted by atomic mass is 19.3. The molecule has 1 aromatic heterocycles. The van der Waals surface area contributed by atoms with Crippen LogP contribution in [0.15, 0.2) is 30.3 Å². The number of hydrogen-bond donors (Lipinski definition) is 1. The predicted molar refractivity (Wildman–Crippen MR) is 59.8 cm³/mol. The van der Waals surface area contributed by atoms with Crippen molar-refractivity contribution in [1.29, 1.82) is 0 Å². The predicted octanol–water partition coefficient (Wildman–Crippen LogP) is 2.92. The van der Waals surface area contributed by atoms with Crippen molar-refractivity contribution in [2.24, 2.45) is 0 Å². The molecule has 0 fully saturated rings. The molecular formula is C12H13F2N3. The van der Waals surface area contributed by atoms with Gasteiger partial charge < -0.3 is 0 Å². The van der Waals surface area contributed by atoms with Crippen LogP contribution < -0.4 is 0 Å². The number of aryl methyl sites for hydroxylation is 2. The van der Waals surface area contributed by atoms with Gasteiger partial charge in [0.15, 0.2) is 5.69 Å². The zero-order valence-electron chi connectivity index (χ0n) is 9.24. The fourth-order valence-corrected chi connectivity index (χ4v) is 1.72. The summed E-state index contributed by atoms with van der Waals surface area (Å²) in [6, 6.07) is 9.94. The molecule has 0 aliphatic heterocycles. The number of nitrogens with one attached hydrogen (secondary N) is 1. The van der Waals surface area contributed by atoms with Gasteiger partial charge in [-0.15, -0.1) is 0 Å². The van der Waals surface area contributed by atoms with E-state index in [1.807, 2.05) is 30.3 Å². The lowest BCUT2D eigenvalue weighted by molar-refractivity contribution is 0.144. The Bertz CT molecular complexity index is 454. The Hall–Kier alpha value is -1.78. The number of nitrogens with zero attached hydrogens (tertiary/aromatic N) is 2. The van der Waals surface area contributed by atoms with Gasteiger partial charge in [0, 0.05) is 0 Å². The molecule has 3 nitrogen and oxygen atoms in total. The van der Waals surface area contributed by atoms with E-state index in [0.29, 0.717) is 12.1 Å². The summed E-state index contributed by atoms with van der Waals surface area (Å²) in [5, 5.41) is 9.46. The number of H-pyrrole nitrogens is 1. The van der Waals surface area contributed by atoms with Gasteiger partial charge in [-0.1, -0.05) is 30.3 Å². The molecule has 0 radical (unpaired) electrons. The first-order chi connectivity index (χ1) is 8.27. The van der Waals surface area contributed by atoms with E-state index in [2.05, 4.69) is 15.4 Å². The minimum absolute atomic E-state index is 0.224. The maximum absolute atomic E-state index is 12.5. The smallest absolute Gasteiger partial charge is 0.203 e. The molecule has 1 aromatic carbocycles. The Morgan fingerprint density at radius 1 is 1.06 bits per heavy atom. The van der Waals surface area contributed by atoms with Crippen molar-refractivity contribution in [3.05, 3.63) is 47.3 Å². The van der Waals surface area contributed by atoms with E-state index in [9.17, 15) is 8.78 Å². The van der Waals surface area contributed by atoms with Gasteiger partial charge in [-0.25, -0.2) is 8.78 Å². The summed E-state index contributed by atoms with van der Waals surface area (Å²) in [6.07, 6.45) is -0.391. The molecule has 0 spiro atoms. The summed E-state index contributed by atoms with van der Waals surface area (Å²) in [5.41, 5.74) is 1.35. The van der Waals surface area contributed by atoms with Crippen LogP contribution in [0.25, 0.3) is 0 Å². The monoisotopic (exact) mass is 237 g/mol. The van der Waals surface area contributed by atoms with Gasteiger partial charge in [0.05, 0.1) is 5.69 Å². The van der Waals surface area contributed by atoms with Gasteiger partial charge in [0.25, 0.3) is 6.43 Å². The SMILES string of the molecule is FC(F)c1n[nH]nc1CCCc1ccccc1. The molecule has 0 amide bonds. The van der Waals surface area contributed by atoms with E-state index < -0.39 is 6.43 Å². The number of aromatic amines is 1. The van der Waals surface area contributed by atoms with Crippen LogP contribution in [0.5, 0.6) is 0 Å². The van der Waals surface area contributed by atoms with E-state index in [-0.39, 0.29) is 5.69 Å². The summed E-state index contributed by atoms with van der Waals surface area (Å²) in [4.78, 5) is 0. The molecule has 0 atom stereocenters. The zero-order valence-corrected chi connectivity index (χ0v) is 9.24. The largest absolute Gasteiger partial charge is 0.284 e. The van der Waals surface area contributed by atoms with Crippen molar-refractivity contribution in [1.82, 2.24) is 15.4 Å². The molecule has 0 aliphatic carbocycles. The highest BCUT2D eigenvalue weighted by Gasteiger charge is 2.16. The minimum Gasteiger partial charge on any atom is -0.203 e. The Balaban J connectivity index is 1.88. The first kappa shape index (κ1) is 11.7. The highest BCUT2D eigenvalue weighted by Crippen LogP contribution is 2.19. The van der Waals surface area contributed by atoms with Crippen molar-refractivity contribution in [2.75, 3.05) is 0 Å². The number of benzene rings is 1. The number of hydrogen-bond acceptors (Lipinski definition) is 2. The number of aromatic nitrogens is 3. The van der Waals surface area contributed by atoms with Gasteiger partial charge in [0.2, 0.25) is 0 Å². The summed E-state index contributed by atoms with van der Waals surface area (Å²) in [7, 11) is 0. The second kappa shape index (κ2) is 5.52.